The van der Waals surface area contributed by atoms with Crippen molar-refractivity contribution >= 4 is 5.78 Å². The molecule has 3 saturated carbocycles. The first-order valence-corrected chi connectivity index (χ1v) is 12.3. The van der Waals surface area contributed by atoms with Crippen molar-refractivity contribution in [1.82, 2.24) is 0 Å². The van der Waals surface area contributed by atoms with Crippen molar-refractivity contribution in [3.63, 3.8) is 0 Å². The molecule has 5 aliphatic rings. The number of carbonyl (C=O) groups excluding carboxylic acids is 1. The molecular weight excluding hydrogens is 372 g/mol. The van der Waals surface area contributed by atoms with Crippen LogP contribution in [-0.2, 0) is 4.79 Å². The standard InChI is InChI=1S/C27H40O3/c1-24(2)22-7-6-19-18(25(22,3)11-10-23(24)30)9-13-26(4)17(8-12-27(19,26)5)16-14-20(28)21(29)15-16/h6,14,16-18,22-23,28,30H,7-13,15H2,1-5H3/t16-,17-,18-,22-,23+,25+,26-,27+/m0/s1. The summed E-state index contributed by atoms with van der Waals surface area (Å²) in [6.07, 6.45) is 12.7. The highest BCUT2D eigenvalue weighted by Gasteiger charge is 2.65. The maximum absolute atomic E-state index is 12.1. The largest absolute Gasteiger partial charge is 0.505 e. The number of carbonyl (C=O) groups is 1. The highest BCUT2D eigenvalue weighted by atomic mass is 16.3. The van der Waals surface area contributed by atoms with Crippen LogP contribution in [-0.4, -0.2) is 22.1 Å². The third-order valence-corrected chi connectivity index (χ3v) is 11.5. The van der Waals surface area contributed by atoms with Gasteiger partial charge < -0.3 is 10.2 Å². The quantitative estimate of drug-likeness (QED) is 0.521. The van der Waals surface area contributed by atoms with Gasteiger partial charge in [0.05, 0.1) is 6.10 Å². The zero-order valence-corrected chi connectivity index (χ0v) is 19.5. The van der Waals surface area contributed by atoms with Crippen molar-refractivity contribution in [2.45, 2.75) is 92.1 Å². The van der Waals surface area contributed by atoms with Gasteiger partial charge in [-0.25, -0.2) is 0 Å². The van der Waals surface area contributed by atoms with Crippen LogP contribution >= 0.6 is 0 Å². The van der Waals surface area contributed by atoms with E-state index in [4.69, 9.17) is 0 Å². The maximum Gasteiger partial charge on any atom is 0.197 e. The molecule has 0 unspecified atom stereocenters. The summed E-state index contributed by atoms with van der Waals surface area (Å²) in [5.41, 5.74) is 2.32. The van der Waals surface area contributed by atoms with Crippen LogP contribution in [0.4, 0.5) is 0 Å². The average molecular weight is 413 g/mol. The molecule has 0 saturated heterocycles. The SMILES string of the molecule is CC1(C)[C@H](O)CC[C@]2(C)[C@H]3CC[C@@]4(C)[C@H]([C@H]5C=C(O)C(=O)C5)CC[C@]4(C)C3=CC[C@@H]12. The van der Waals surface area contributed by atoms with Crippen molar-refractivity contribution in [2.24, 2.45) is 45.3 Å². The van der Waals surface area contributed by atoms with Crippen LogP contribution < -0.4 is 0 Å². The van der Waals surface area contributed by atoms with E-state index >= 15 is 0 Å². The van der Waals surface area contributed by atoms with Gasteiger partial charge in [0.15, 0.2) is 11.5 Å². The predicted octanol–water partition coefficient (Wildman–Crippen LogP) is 5.98. The summed E-state index contributed by atoms with van der Waals surface area (Å²) >= 11 is 0. The number of ketones is 1. The Morgan fingerprint density at radius 1 is 1.00 bits per heavy atom. The molecule has 3 nitrogen and oxygen atoms in total. The van der Waals surface area contributed by atoms with Crippen molar-refractivity contribution in [3.05, 3.63) is 23.5 Å². The molecule has 0 aliphatic heterocycles. The van der Waals surface area contributed by atoms with Crippen molar-refractivity contribution in [1.29, 1.82) is 0 Å². The number of rotatable bonds is 1. The molecule has 5 rings (SSSR count). The van der Waals surface area contributed by atoms with E-state index in [0.29, 0.717) is 24.2 Å². The second-order valence-electron chi connectivity index (χ2n) is 12.7. The zero-order valence-electron chi connectivity index (χ0n) is 19.5. The summed E-state index contributed by atoms with van der Waals surface area (Å²) in [5, 5.41) is 20.7. The Kier molecular flexibility index (Phi) is 4.33. The third-order valence-electron chi connectivity index (χ3n) is 11.5. The van der Waals surface area contributed by atoms with E-state index in [1.165, 1.54) is 19.3 Å². The van der Waals surface area contributed by atoms with Gasteiger partial charge in [-0.15, -0.1) is 0 Å². The van der Waals surface area contributed by atoms with E-state index in [0.717, 1.165) is 25.7 Å². The zero-order chi connectivity index (χ0) is 21.7. The first-order valence-electron chi connectivity index (χ1n) is 12.3. The van der Waals surface area contributed by atoms with Gasteiger partial charge in [-0.3, -0.25) is 4.79 Å². The van der Waals surface area contributed by atoms with Gasteiger partial charge >= 0.3 is 0 Å². The van der Waals surface area contributed by atoms with E-state index < -0.39 is 0 Å². The minimum absolute atomic E-state index is 0.00104. The van der Waals surface area contributed by atoms with E-state index in [1.807, 2.05) is 6.08 Å². The third kappa shape index (κ3) is 2.39. The number of hydrogen-bond donors (Lipinski definition) is 2. The second-order valence-corrected chi connectivity index (χ2v) is 12.7. The molecule has 3 fully saturated rings. The molecule has 0 bridgehead atoms. The topological polar surface area (TPSA) is 57.5 Å². The summed E-state index contributed by atoms with van der Waals surface area (Å²) in [7, 11) is 0. The Bertz CT molecular complexity index is 837. The van der Waals surface area contributed by atoms with Crippen LogP contribution in [0.2, 0.25) is 0 Å². The smallest absolute Gasteiger partial charge is 0.197 e. The van der Waals surface area contributed by atoms with E-state index in [2.05, 4.69) is 40.7 Å². The fourth-order valence-corrected chi connectivity index (χ4v) is 9.36. The molecule has 166 valence electrons. The lowest BCUT2D eigenvalue weighted by Gasteiger charge is -2.64. The van der Waals surface area contributed by atoms with E-state index in [1.54, 1.807) is 5.57 Å². The summed E-state index contributed by atoms with van der Waals surface area (Å²) in [4.78, 5) is 12.1. The molecule has 0 radical (unpaired) electrons. The van der Waals surface area contributed by atoms with Crippen molar-refractivity contribution < 1.29 is 15.0 Å². The normalized spacial score (nSPS) is 52.2. The van der Waals surface area contributed by atoms with Gasteiger partial charge in [0, 0.05) is 6.42 Å². The fraction of sp³-hybridized carbons (Fsp3) is 0.815. The number of allylic oxidation sites excluding steroid dienone is 4. The first-order chi connectivity index (χ1) is 13.9. The Morgan fingerprint density at radius 2 is 1.73 bits per heavy atom. The van der Waals surface area contributed by atoms with Gasteiger partial charge in [-0.05, 0) is 96.4 Å². The Labute approximate surface area is 182 Å². The molecule has 0 aromatic rings. The van der Waals surface area contributed by atoms with Crippen LogP contribution in [0.3, 0.4) is 0 Å². The Balaban J connectivity index is 1.52. The van der Waals surface area contributed by atoms with E-state index in [-0.39, 0.29) is 45.2 Å². The highest BCUT2D eigenvalue weighted by molar-refractivity contribution is 5.95. The lowest BCUT2D eigenvalue weighted by Crippen LogP contribution is -2.58. The number of hydrogen-bond acceptors (Lipinski definition) is 3. The van der Waals surface area contributed by atoms with Gasteiger partial charge in [0.2, 0.25) is 0 Å². The molecule has 0 aromatic carbocycles. The maximum atomic E-state index is 12.1. The highest BCUT2D eigenvalue weighted by Crippen LogP contribution is 2.73. The van der Waals surface area contributed by atoms with Crippen molar-refractivity contribution in [2.75, 3.05) is 0 Å². The van der Waals surface area contributed by atoms with Crippen molar-refractivity contribution in [3.8, 4) is 0 Å². The molecule has 3 heteroatoms. The summed E-state index contributed by atoms with van der Waals surface area (Å²) in [5.74, 6) is 1.78. The lowest BCUT2D eigenvalue weighted by molar-refractivity contribution is -0.131. The molecule has 2 N–H and O–H groups in total. The van der Waals surface area contributed by atoms with Gasteiger partial charge in [0.1, 0.15) is 0 Å². The number of fused-ring (bicyclic) bond motifs is 5. The van der Waals surface area contributed by atoms with Crippen LogP contribution in [0.25, 0.3) is 0 Å². The van der Waals surface area contributed by atoms with Crippen LogP contribution in [0.5, 0.6) is 0 Å². The molecule has 0 aromatic heterocycles. The molecule has 0 spiro atoms. The monoisotopic (exact) mass is 412 g/mol. The van der Waals surface area contributed by atoms with Gasteiger partial charge in [-0.1, -0.05) is 46.3 Å². The average Bonchev–Trinajstić information content (AvgIpc) is 3.15. The molecular formula is C27H40O3. The lowest BCUT2D eigenvalue weighted by atomic mass is 9.41. The molecule has 5 aliphatic carbocycles. The van der Waals surface area contributed by atoms with Gasteiger partial charge in [-0.2, -0.15) is 0 Å². The van der Waals surface area contributed by atoms with Crippen LogP contribution in [0.15, 0.2) is 23.5 Å². The molecule has 30 heavy (non-hydrogen) atoms. The second kappa shape index (κ2) is 6.24. The predicted molar refractivity (Wildman–Crippen MR) is 119 cm³/mol. The summed E-state index contributed by atoms with van der Waals surface area (Å²) in [6.45, 7) is 12.1. The summed E-state index contributed by atoms with van der Waals surface area (Å²) < 4.78 is 0. The molecule has 8 atom stereocenters. The Morgan fingerprint density at radius 3 is 2.40 bits per heavy atom. The van der Waals surface area contributed by atoms with Crippen LogP contribution in [0.1, 0.15) is 86.0 Å². The minimum Gasteiger partial charge on any atom is -0.505 e. The van der Waals surface area contributed by atoms with Gasteiger partial charge in [0.25, 0.3) is 0 Å². The molecule has 0 heterocycles. The minimum atomic E-state index is -0.190. The summed E-state index contributed by atoms with van der Waals surface area (Å²) in [6, 6.07) is 0. The van der Waals surface area contributed by atoms with E-state index in [9.17, 15) is 15.0 Å². The fourth-order valence-electron chi connectivity index (χ4n) is 9.36. The van der Waals surface area contributed by atoms with Crippen LogP contribution in [0, 0.1) is 45.3 Å². The number of aliphatic hydroxyl groups is 2. The Hall–Kier alpha value is -1.09. The first kappa shape index (κ1) is 20.8. The number of Topliss-reactive ketones (excluding diaryl/α,β-unsaturated/α-hetero) is 1. The molecule has 0 amide bonds. The number of aliphatic hydroxyl groups excluding tert-OH is 2.